The van der Waals surface area contributed by atoms with Crippen LogP contribution in [0.4, 0.5) is 0 Å². The topological polar surface area (TPSA) is 43.7 Å². The van der Waals surface area contributed by atoms with Crippen molar-refractivity contribution >= 4 is 22.6 Å². The summed E-state index contributed by atoms with van der Waals surface area (Å²) in [5, 5.41) is 0. The van der Waals surface area contributed by atoms with Gasteiger partial charge in [0.1, 0.15) is 12.1 Å². The maximum Gasteiger partial charge on any atom is 0.163 e. The highest BCUT2D eigenvalue weighted by Crippen LogP contribution is 2.32. The molecular formula is C12H15BrN2O2. The van der Waals surface area contributed by atoms with Crippen LogP contribution in [0.5, 0.6) is 0 Å². The molecule has 0 amide bonds. The molecule has 1 unspecified atom stereocenters. The molecule has 2 rings (SSSR count). The number of halogens is 1. The molecule has 1 fully saturated rings. The van der Waals surface area contributed by atoms with E-state index in [-0.39, 0.29) is 12.1 Å². The lowest BCUT2D eigenvalue weighted by Crippen LogP contribution is -2.25. The van der Waals surface area contributed by atoms with Crippen molar-refractivity contribution in [3.8, 4) is 0 Å². The third-order valence-corrected chi connectivity index (χ3v) is 3.10. The summed E-state index contributed by atoms with van der Waals surface area (Å²) in [4.78, 5) is 8.43. The van der Waals surface area contributed by atoms with Gasteiger partial charge in [-0.1, -0.05) is 0 Å². The molecule has 2 atom stereocenters. The van der Waals surface area contributed by atoms with Crippen LogP contribution in [-0.4, -0.2) is 30.2 Å². The van der Waals surface area contributed by atoms with Gasteiger partial charge < -0.3 is 9.47 Å². The Labute approximate surface area is 109 Å². The van der Waals surface area contributed by atoms with Crippen molar-refractivity contribution in [3.05, 3.63) is 28.5 Å². The number of pyridine rings is 1. The van der Waals surface area contributed by atoms with E-state index < -0.39 is 5.79 Å². The van der Waals surface area contributed by atoms with E-state index in [0.29, 0.717) is 6.61 Å². The van der Waals surface area contributed by atoms with Gasteiger partial charge in [0.25, 0.3) is 0 Å². The summed E-state index contributed by atoms with van der Waals surface area (Å²) < 4.78 is 12.3. The quantitative estimate of drug-likeness (QED) is 0.806. The highest BCUT2D eigenvalue weighted by atomic mass is 79.9. The Morgan fingerprint density at radius 3 is 2.82 bits per heavy atom. The molecule has 5 heteroatoms. The van der Waals surface area contributed by atoms with Crippen LogP contribution < -0.4 is 0 Å². The van der Waals surface area contributed by atoms with E-state index in [2.05, 4.69) is 32.6 Å². The lowest BCUT2D eigenvalue weighted by Gasteiger charge is -2.20. The van der Waals surface area contributed by atoms with Crippen molar-refractivity contribution in [3.63, 3.8) is 0 Å². The van der Waals surface area contributed by atoms with Crippen LogP contribution in [0.1, 0.15) is 25.6 Å². The van der Waals surface area contributed by atoms with Crippen molar-refractivity contribution in [2.24, 2.45) is 4.99 Å². The van der Waals surface area contributed by atoms with E-state index >= 15 is 0 Å². The maximum absolute atomic E-state index is 5.78. The molecule has 0 bridgehead atoms. The molecule has 0 aliphatic carbocycles. The Morgan fingerprint density at radius 2 is 2.35 bits per heavy atom. The zero-order valence-electron chi connectivity index (χ0n) is 9.89. The predicted octanol–water partition coefficient (Wildman–Crippen LogP) is 2.74. The molecule has 92 valence electrons. The summed E-state index contributed by atoms with van der Waals surface area (Å²) in [5.41, 5.74) is 0.842. The molecule has 0 radical (unpaired) electrons. The molecule has 0 N–H and O–H groups in total. The largest absolute Gasteiger partial charge is 0.348 e. The summed E-state index contributed by atoms with van der Waals surface area (Å²) in [6.07, 6.45) is 1.62. The van der Waals surface area contributed by atoms with Gasteiger partial charge in [0.15, 0.2) is 5.79 Å². The van der Waals surface area contributed by atoms with E-state index in [1.807, 2.05) is 26.0 Å². The first kappa shape index (κ1) is 12.7. The number of aromatic nitrogens is 1. The minimum absolute atomic E-state index is 0.129. The van der Waals surface area contributed by atoms with Gasteiger partial charge >= 0.3 is 0 Å². The summed E-state index contributed by atoms with van der Waals surface area (Å²) in [5.74, 6) is -0.553. The fourth-order valence-corrected chi connectivity index (χ4v) is 2.07. The molecule has 1 aliphatic rings. The van der Waals surface area contributed by atoms with Gasteiger partial charge in [-0.25, -0.2) is 0 Å². The zero-order valence-corrected chi connectivity index (χ0v) is 11.5. The molecule has 17 heavy (non-hydrogen) atoms. The average molecular weight is 299 g/mol. The highest BCUT2D eigenvalue weighted by Gasteiger charge is 2.38. The molecule has 1 aliphatic heterocycles. The van der Waals surface area contributed by atoms with Crippen molar-refractivity contribution in [2.75, 3.05) is 6.61 Å². The first-order valence-electron chi connectivity index (χ1n) is 5.41. The van der Waals surface area contributed by atoms with Crippen LogP contribution in [-0.2, 0) is 9.47 Å². The molecule has 2 heterocycles. The summed E-state index contributed by atoms with van der Waals surface area (Å²) in [6.45, 7) is 7.91. The van der Waals surface area contributed by atoms with E-state index in [4.69, 9.17) is 9.47 Å². The number of hydrogen-bond acceptors (Lipinski definition) is 4. The fraction of sp³-hybridized carbons (Fsp3) is 0.500. The van der Waals surface area contributed by atoms with E-state index in [9.17, 15) is 0 Å². The Bertz CT molecular complexity index is 405. The second-order valence-corrected chi connectivity index (χ2v) is 5.31. The first-order chi connectivity index (χ1) is 8.02. The molecule has 4 nitrogen and oxygen atoms in total. The molecular weight excluding hydrogens is 284 g/mol. The number of hydrogen-bond donors (Lipinski definition) is 0. The van der Waals surface area contributed by atoms with Gasteiger partial charge in [0, 0.05) is 10.7 Å². The lowest BCUT2D eigenvalue weighted by molar-refractivity contribution is -0.140. The van der Waals surface area contributed by atoms with Crippen LogP contribution in [0.2, 0.25) is 0 Å². The SMILES string of the molecule is C=NC(c1ccc(Br)cn1)[C@H]1COC(C)(C)O1. The standard InChI is InChI=1S/C12H15BrN2O2/c1-12(2)16-7-10(17-12)11(14-3)9-5-4-8(13)6-15-9/h4-6,10-11H,3,7H2,1-2H3/t10-,11?/m1/s1. The second kappa shape index (κ2) is 4.84. The van der Waals surface area contributed by atoms with Crippen LogP contribution >= 0.6 is 15.9 Å². The second-order valence-electron chi connectivity index (χ2n) is 4.40. The maximum atomic E-state index is 5.78. The van der Waals surface area contributed by atoms with Gasteiger partial charge in [-0.05, 0) is 48.6 Å². The van der Waals surface area contributed by atoms with Gasteiger partial charge in [-0.2, -0.15) is 0 Å². The van der Waals surface area contributed by atoms with Crippen LogP contribution in [0.3, 0.4) is 0 Å². The van der Waals surface area contributed by atoms with Gasteiger partial charge in [0.05, 0.1) is 12.3 Å². The minimum atomic E-state index is -0.553. The number of rotatable bonds is 3. The Balaban J connectivity index is 2.17. The fourth-order valence-electron chi connectivity index (χ4n) is 1.83. The summed E-state index contributed by atoms with van der Waals surface area (Å²) in [7, 11) is 0. The zero-order chi connectivity index (χ0) is 12.5. The molecule has 1 saturated heterocycles. The van der Waals surface area contributed by atoms with Crippen LogP contribution in [0.15, 0.2) is 27.8 Å². The third kappa shape index (κ3) is 2.91. The van der Waals surface area contributed by atoms with Gasteiger partial charge in [-0.3, -0.25) is 9.98 Å². The number of nitrogens with zero attached hydrogens (tertiary/aromatic N) is 2. The molecule has 0 spiro atoms. The van der Waals surface area contributed by atoms with E-state index in [0.717, 1.165) is 10.2 Å². The Morgan fingerprint density at radius 1 is 1.59 bits per heavy atom. The Kier molecular flexibility index (Phi) is 3.61. The number of aliphatic imine (C=N–C) groups is 1. The van der Waals surface area contributed by atoms with Gasteiger partial charge in [-0.15, -0.1) is 0 Å². The van der Waals surface area contributed by atoms with Crippen molar-refractivity contribution in [1.82, 2.24) is 4.98 Å². The third-order valence-electron chi connectivity index (χ3n) is 2.63. The number of ether oxygens (including phenoxy) is 2. The minimum Gasteiger partial charge on any atom is -0.348 e. The Hall–Kier alpha value is -0.780. The average Bonchev–Trinajstić information content (AvgIpc) is 2.63. The van der Waals surface area contributed by atoms with E-state index in [1.165, 1.54) is 0 Å². The monoisotopic (exact) mass is 298 g/mol. The predicted molar refractivity (Wildman–Crippen MR) is 69.1 cm³/mol. The lowest BCUT2D eigenvalue weighted by atomic mass is 10.1. The highest BCUT2D eigenvalue weighted by molar-refractivity contribution is 9.10. The van der Waals surface area contributed by atoms with E-state index in [1.54, 1.807) is 6.20 Å². The van der Waals surface area contributed by atoms with Crippen molar-refractivity contribution < 1.29 is 9.47 Å². The summed E-state index contributed by atoms with van der Waals surface area (Å²) in [6, 6.07) is 3.66. The molecule has 1 aromatic rings. The van der Waals surface area contributed by atoms with Crippen LogP contribution in [0, 0.1) is 0 Å². The van der Waals surface area contributed by atoms with Crippen molar-refractivity contribution in [1.29, 1.82) is 0 Å². The van der Waals surface area contributed by atoms with Crippen molar-refractivity contribution in [2.45, 2.75) is 31.8 Å². The molecule has 1 aromatic heterocycles. The normalized spacial score (nSPS) is 24.5. The first-order valence-corrected chi connectivity index (χ1v) is 6.20. The summed E-state index contributed by atoms with van der Waals surface area (Å²) >= 11 is 3.35. The smallest absolute Gasteiger partial charge is 0.163 e. The molecule has 0 saturated carbocycles. The van der Waals surface area contributed by atoms with Crippen LogP contribution in [0.25, 0.3) is 0 Å². The molecule has 0 aromatic carbocycles. The van der Waals surface area contributed by atoms with Gasteiger partial charge in [0.2, 0.25) is 0 Å².